The summed E-state index contributed by atoms with van der Waals surface area (Å²) in [6, 6.07) is 3.37. The van der Waals surface area contributed by atoms with E-state index in [1.54, 1.807) is 17.9 Å². The first kappa shape index (κ1) is 19.1. The molecule has 0 fully saturated rings. The first-order chi connectivity index (χ1) is 12.7. The number of hydrogen-bond donors (Lipinski definition) is 0. The molecule has 0 aliphatic heterocycles. The average molecular weight is 400 g/mol. The number of hydrogen-bond acceptors (Lipinski definition) is 6. The van der Waals surface area contributed by atoms with Crippen molar-refractivity contribution in [2.45, 2.75) is 11.9 Å². The normalized spacial score (nSPS) is 11.7. The smallest absolute Gasteiger partial charge is 0.329 e. The zero-order valence-corrected chi connectivity index (χ0v) is 14.6. The lowest BCUT2D eigenvalue weighted by atomic mass is 10.1. The quantitative estimate of drug-likeness (QED) is 0.464. The SMILES string of the molecule is Cn1cc(CSCC(=O)c2ccc(-c3noc(C(F)(F)F)n3)cc2F)cn1. The maximum absolute atomic E-state index is 14.2. The largest absolute Gasteiger partial charge is 0.471 e. The van der Waals surface area contributed by atoms with Crippen molar-refractivity contribution in [2.75, 3.05) is 5.75 Å². The molecule has 0 atom stereocenters. The maximum Gasteiger partial charge on any atom is 0.471 e. The van der Waals surface area contributed by atoms with Crippen LogP contribution in [0.5, 0.6) is 0 Å². The van der Waals surface area contributed by atoms with Gasteiger partial charge in [-0.05, 0) is 17.7 Å². The second-order valence-electron chi connectivity index (χ2n) is 5.55. The number of carbonyl (C=O) groups is 1. The molecule has 0 saturated heterocycles. The molecular formula is C16H12F4N4O2S. The van der Waals surface area contributed by atoms with Crippen molar-refractivity contribution in [3.05, 3.63) is 53.4 Å². The van der Waals surface area contributed by atoms with Gasteiger partial charge in [-0.3, -0.25) is 9.48 Å². The van der Waals surface area contributed by atoms with Gasteiger partial charge in [0, 0.05) is 24.6 Å². The minimum absolute atomic E-state index is 0.0219. The Kier molecular flexibility index (Phi) is 5.31. The Morgan fingerprint density at radius 1 is 1.33 bits per heavy atom. The summed E-state index contributed by atoms with van der Waals surface area (Å²) in [6.07, 6.45) is -1.30. The molecule has 11 heteroatoms. The third kappa shape index (κ3) is 4.54. The lowest BCUT2D eigenvalue weighted by Crippen LogP contribution is -2.06. The molecule has 0 bridgehead atoms. The maximum atomic E-state index is 14.2. The molecule has 3 rings (SSSR count). The fraction of sp³-hybridized carbons (Fsp3) is 0.250. The predicted molar refractivity (Wildman–Crippen MR) is 88.4 cm³/mol. The first-order valence-electron chi connectivity index (χ1n) is 7.53. The molecule has 2 heterocycles. The summed E-state index contributed by atoms with van der Waals surface area (Å²) in [4.78, 5) is 15.4. The van der Waals surface area contributed by atoms with Gasteiger partial charge in [-0.15, -0.1) is 11.8 Å². The predicted octanol–water partition coefficient (Wildman–Crippen LogP) is 3.74. The number of halogens is 4. The highest BCUT2D eigenvalue weighted by Crippen LogP contribution is 2.29. The molecule has 0 amide bonds. The Hall–Kier alpha value is -2.69. The van der Waals surface area contributed by atoms with Crippen molar-refractivity contribution in [3.8, 4) is 11.4 Å². The second-order valence-corrected chi connectivity index (χ2v) is 6.54. The highest BCUT2D eigenvalue weighted by Gasteiger charge is 2.38. The Bertz CT molecular complexity index is 967. The summed E-state index contributed by atoms with van der Waals surface area (Å²) in [5, 5.41) is 7.19. The van der Waals surface area contributed by atoms with E-state index in [2.05, 4.69) is 19.8 Å². The number of Topliss-reactive ketones (excluding diaryl/α,β-unsaturated/α-hetero) is 1. The first-order valence-corrected chi connectivity index (χ1v) is 8.69. The molecule has 27 heavy (non-hydrogen) atoms. The van der Waals surface area contributed by atoms with Crippen molar-refractivity contribution in [3.63, 3.8) is 0 Å². The molecular weight excluding hydrogens is 388 g/mol. The van der Waals surface area contributed by atoms with Crippen LogP contribution in [-0.2, 0) is 19.0 Å². The van der Waals surface area contributed by atoms with Crippen LogP contribution in [0, 0.1) is 5.82 Å². The van der Waals surface area contributed by atoms with Crippen LogP contribution >= 0.6 is 11.8 Å². The molecule has 0 N–H and O–H groups in total. The zero-order chi connectivity index (χ0) is 19.6. The fourth-order valence-electron chi connectivity index (χ4n) is 2.22. The number of carbonyl (C=O) groups excluding carboxylic acids is 1. The summed E-state index contributed by atoms with van der Waals surface area (Å²) in [6.45, 7) is 0. The number of benzene rings is 1. The van der Waals surface area contributed by atoms with Crippen molar-refractivity contribution in [1.82, 2.24) is 19.9 Å². The number of thioether (sulfide) groups is 1. The Morgan fingerprint density at radius 2 is 2.11 bits per heavy atom. The van der Waals surface area contributed by atoms with Crippen LogP contribution < -0.4 is 0 Å². The van der Waals surface area contributed by atoms with Crippen LogP contribution in [0.4, 0.5) is 17.6 Å². The summed E-state index contributed by atoms with van der Waals surface area (Å²) >= 11 is 1.30. The molecule has 0 radical (unpaired) electrons. The van der Waals surface area contributed by atoms with Crippen LogP contribution in [0.3, 0.4) is 0 Å². The van der Waals surface area contributed by atoms with E-state index >= 15 is 0 Å². The van der Waals surface area contributed by atoms with Crippen LogP contribution in [0.25, 0.3) is 11.4 Å². The summed E-state index contributed by atoms with van der Waals surface area (Å²) < 4.78 is 57.4. The number of aromatic nitrogens is 4. The molecule has 0 saturated carbocycles. The summed E-state index contributed by atoms with van der Waals surface area (Å²) in [5.74, 6) is -2.64. The Labute approximate surface area is 154 Å². The topological polar surface area (TPSA) is 73.8 Å². The average Bonchev–Trinajstić information content (AvgIpc) is 3.23. The van der Waals surface area contributed by atoms with Gasteiger partial charge in [0.15, 0.2) is 5.78 Å². The van der Waals surface area contributed by atoms with Crippen LogP contribution in [0.1, 0.15) is 21.8 Å². The molecule has 2 aromatic heterocycles. The van der Waals surface area contributed by atoms with Gasteiger partial charge in [0.2, 0.25) is 5.82 Å². The van der Waals surface area contributed by atoms with E-state index in [4.69, 9.17) is 0 Å². The van der Waals surface area contributed by atoms with Crippen molar-refractivity contribution in [2.24, 2.45) is 7.05 Å². The highest BCUT2D eigenvalue weighted by atomic mass is 32.2. The second kappa shape index (κ2) is 7.51. The summed E-state index contributed by atoms with van der Waals surface area (Å²) in [5.41, 5.74) is 0.756. The van der Waals surface area contributed by atoms with E-state index in [1.807, 2.05) is 6.20 Å². The van der Waals surface area contributed by atoms with Gasteiger partial charge in [0.1, 0.15) is 5.82 Å². The molecule has 0 spiro atoms. The van der Waals surface area contributed by atoms with Gasteiger partial charge in [-0.25, -0.2) is 4.39 Å². The van der Waals surface area contributed by atoms with Crippen LogP contribution in [-0.4, -0.2) is 31.5 Å². The number of rotatable bonds is 6. The zero-order valence-electron chi connectivity index (χ0n) is 13.8. The monoisotopic (exact) mass is 400 g/mol. The van der Waals surface area contributed by atoms with Crippen molar-refractivity contribution in [1.29, 1.82) is 0 Å². The summed E-state index contributed by atoms with van der Waals surface area (Å²) in [7, 11) is 1.78. The van der Waals surface area contributed by atoms with E-state index in [0.717, 1.165) is 11.6 Å². The molecule has 0 unspecified atom stereocenters. The minimum atomic E-state index is -4.79. The van der Waals surface area contributed by atoms with E-state index in [0.29, 0.717) is 5.75 Å². The molecule has 3 aromatic rings. The number of aryl methyl sites for hydroxylation is 1. The third-order valence-corrected chi connectivity index (χ3v) is 4.46. The number of alkyl halides is 3. The Morgan fingerprint density at radius 3 is 2.70 bits per heavy atom. The standard InChI is InChI=1S/C16H12F4N4O2S/c1-24-6-9(5-21-24)7-27-8-13(25)11-3-2-10(4-12(11)17)14-22-15(26-23-14)16(18,19)20/h2-6H,7-8H2,1H3. The molecule has 142 valence electrons. The van der Waals surface area contributed by atoms with E-state index in [1.165, 1.54) is 23.9 Å². The van der Waals surface area contributed by atoms with Crippen LogP contribution in [0.2, 0.25) is 0 Å². The number of ketones is 1. The van der Waals surface area contributed by atoms with Crippen molar-refractivity contribution < 1.29 is 26.9 Å². The van der Waals surface area contributed by atoms with Crippen LogP contribution in [0.15, 0.2) is 35.1 Å². The molecule has 6 nitrogen and oxygen atoms in total. The van der Waals surface area contributed by atoms with Gasteiger partial charge in [0.05, 0.1) is 17.5 Å². The molecule has 1 aromatic carbocycles. The lowest BCUT2D eigenvalue weighted by molar-refractivity contribution is -0.159. The van der Waals surface area contributed by atoms with E-state index in [9.17, 15) is 22.4 Å². The molecule has 0 aliphatic carbocycles. The highest BCUT2D eigenvalue weighted by molar-refractivity contribution is 7.99. The minimum Gasteiger partial charge on any atom is -0.329 e. The van der Waals surface area contributed by atoms with Crippen molar-refractivity contribution >= 4 is 17.5 Å². The molecule has 0 aliphatic rings. The van der Waals surface area contributed by atoms with Gasteiger partial charge < -0.3 is 4.52 Å². The van der Waals surface area contributed by atoms with E-state index < -0.39 is 29.5 Å². The number of nitrogens with zero attached hydrogens (tertiary/aromatic N) is 4. The van der Waals surface area contributed by atoms with Gasteiger partial charge in [-0.2, -0.15) is 23.3 Å². The van der Waals surface area contributed by atoms with E-state index in [-0.39, 0.29) is 16.9 Å². The van der Waals surface area contributed by atoms with Gasteiger partial charge >= 0.3 is 12.1 Å². The Balaban J connectivity index is 1.67. The lowest BCUT2D eigenvalue weighted by Gasteiger charge is -2.04. The van der Waals surface area contributed by atoms with Gasteiger partial charge in [0.25, 0.3) is 0 Å². The third-order valence-electron chi connectivity index (χ3n) is 3.46. The van der Waals surface area contributed by atoms with Gasteiger partial charge in [-0.1, -0.05) is 11.2 Å². The fourth-order valence-corrected chi connectivity index (χ4v) is 3.05.